The second kappa shape index (κ2) is 6.00. The number of rotatable bonds is 5. The smallest absolute Gasteiger partial charge is 0.232 e. The van der Waals surface area contributed by atoms with Crippen molar-refractivity contribution in [2.75, 3.05) is 17.1 Å². The van der Waals surface area contributed by atoms with Crippen molar-refractivity contribution in [2.45, 2.75) is 6.42 Å². The van der Waals surface area contributed by atoms with Crippen molar-refractivity contribution < 1.29 is 13.5 Å². The number of anilines is 1. The highest BCUT2D eigenvalue weighted by Crippen LogP contribution is 2.27. The van der Waals surface area contributed by atoms with E-state index in [-0.39, 0.29) is 18.8 Å². The summed E-state index contributed by atoms with van der Waals surface area (Å²) in [5.41, 5.74) is 0.479. The lowest BCUT2D eigenvalue weighted by atomic mass is 10.3. The zero-order valence-corrected chi connectivity index (χ0v) is 12.3. The molecule has 0 radical (unpaired) electrons. The molecule has 0 aliphatic carbocycles. The minimum absolute atomic E-state index is 0.0948. The van der Waals surface area contributed by atoms with Crippen LogP contribution in [-0.4, -0.2) is 25.9 Å². The van der Waals surface area contributed by atoms with Crippen LogP contribution in [0.2, 0.25) is 0 Å². The molecule has 1 aromatic rings. The molecule has 2 N–H and O–H groups in total. The molecule has 0 aromatic heterocycles. The monoisotopic (exact) mass is 371 g/mol. The Labute approximate surface area is 111 Å². The first-order valence-corrected chi connectivity index (χ1v) is 7.75. The van der Waals surface area contributed by atoms with Gasteiger partial charge in [0.15, 0.2) is 0 Å². The number of nitrogens with one attached hydrogen (secondary N) is 1. The first-order valence-electron chi connectivity index (χ1n) is 4.51. The molecule has 0 fully saturated rings. The summed E-state index contributed by atoms with van der Waals surface area (Å²) in [5.74, 6) is -0.0948. The summed E-state index contributed by atoms with van der Waals surface area (Å²) in [6.07, 6.45) is 0.223. The van der Waals surface area contributed by atoms with Gasteiger partial charge in [-0.05, 0) is 40.5 Å². The molecule has 4 nitrogen and oxygen atoms in total. The van der Waals surface area contributed by atoms with E-state index in [0.29, 0.717) is 10.2 Å². The van der Waals surface area contributed by atoms with Crippen LogP contribution in [0.3, 0.4) is 0 Å². The van der Waals surface area contributed by atoms with E-state index in [1.54, 1.807) is 18.2 Å². The molecule has 0 bridgehead atoms. The van der Waals surface area contributed by atoms with Crippen LogP contribution in [0.1, 0.15) is 6.42 Å². The molecule has 0 heterocycles. The Bertz CT molecular complexity index is 462. The van der Waals surface area contributed by atoms with Crippen molar-refractivity contribution in [1.29, 1.82) is 0 Å². The highest BCUT2D eigenvalue weighted by atomic mass is 79.9. The van der Waals surface area contributed by atoms with E-state index in [2.05, 4.69) is 36.6 Å². The highest BCUT2D eigenvalue weighted by molar-refractivity contribution is 9.11. The molecule has 0 amide bonds. The Morgan fingerprint density at radius 2 is 2.00 bits per heavy atom. The SMILES string of the molecule is O=S(=O)(CCCO)Nc1cc(Br)ccc1Br. The Morgan fingerprint density at radius 3 is 2.62 bits per heavy atom. The van der Waals surface area contributed by atoms with E-state index in [4.69, 9.17) is 5.11 Å². The lowest BCUT2D eigenvalue weighted by molar-refractivity contribution is 0.295. The van der Waals surface area contributed by atoms with Crippen molar-refractivity contribution >= 4 is 47.6 Å². The van der Waals surface area contributed by atoms with E-state index in [1.165, 1.54) is 0 Å². The van der Waals surface area contributed by atoms with Crippen LogP contribution in [0.5, 0.6) is 0 Å². The fourth-order valence-corrected chi connectivity index (χ4v) is 3.00. The molecule has 0 atom stereocenters. The maximum absolute atomic E-state index is 11.6. The van der Waals surface area contributed by atoms with Crippen molar-refractivity contribution in [3.63, 3.8) is 0 Å². The molecule has 0 spiro atoms. The minimum Gasteiger partial charge on any atom is -0.396 e. The Balaban J connectivity index is 2.83. The minimum atomic E-state index is -3.40. The molecule has 16 heavy (non-hydrogen) atoms. The van der Waals surface area contributed by atoms with Gasteiger partial charge in [-0.3, -0.25) is 4.72 Å². The number of halogens is 2. The topological polar surface area (TPSA) is 66.4 Å². The van der Waals surface area contributed by atoms with Crippen LogP contribution in [0.4, 0.5) is 5.69 Å². The summed E-state index contributed by atoms with van der Waals surface area (Å²) >= 11 is 6.51. The largest absolute Gasteiger partial charge is 0.396 e. The standard InChI is InChI=1S/C9H11Br2NO3S/c10-7-2-3-8(11)9(6-7)12-16(14,15)5-1-4-13/h2-3,6,12-13H,1,4-5H2. The van der Waals surface area contributed by atoms with E-state index < -0.39 is 10.0 Å². The van der Waals surface area contributed by atoms with Crippen molar-refractivity contribution in [1.82, 2.24) is 0 Å². The molecule has 90 valence electrons. The molecule has 1 aromatic carbocycles. The van der Waals surface area contributed by atoms with Crippen LogP contribution >= 0.6 is 31.9 Å². The van der Waals surface area contributed by atoms with Crippen LogP contribution in [0, 0.1) is 0 Å². The average molecular weight is 373 g/mol. The van der Waals surface area contributed by atoms with Crippen LogP contribution < -0.4 is 4.72 Å². The molecule has 0 unspecified atom stereocenters. The van der Waals surface area contributed by atoms with Gasteiger partial charge < -0.3 is 5.11 Å². The van der Waals surface area contributed by atoms with E-state index >= 15 is 0 Å². The van der Waals surface area contributed by atoms with Gasteiger partial charge in [-0.1, -0.05) is 15.9 Å². The quantitative estimate of drug-likeness (QED) is 0.833. The van der Waals surface area contributed by atoms with Gasteiger partial charge in [-0.15, -0.1) is 0 Å². The summed E-state index contributed by atoms with van der Waals surface area (Å²) < 4.78 is 27.0. The normalized spacial score (nSPS) is 11.4. The Morgan fingerprint density at radius 1 is 1.31 bits per heavy atom. The van der Waals surface area contributed by atoms with Crippen LogP contribution in [-0.2, 0) is 10.0 Å². The number of aliphatic hydroxyl groups excluding tert-OH is 1. The van der Waals surface area contributed by atoms with Crippen LogP contribution in [0.15, 0.2) is 27.1 Å². The number of benzene rings is 1. The zero-order valence-electron chi connectivity index (χ0n) is 8.28. The lowest BCUT2D eigenvalue weighted by Crippen LogP contribution is -2.17. The second-order valence-corrected chi connectivity index (χ2v) is 6.73. The van der Waals surface area contributed by atoms with Gasteiger partial charge in [0.2, 0.25) is 10.0 Å². The van der Waals surface area contributed by atoms with E-state index in [9.17, 15) is 8.42 Å². The van der Waals surface area contributed by atoms with Gasteiger partial charge in [0, 0.05) is 15.6 Å². The van der Waals surface area contributed by atoms with Crippen molar-refractivity contribution in [3.05, 3.63) is 27.1 Å². The van der Waals surface area contributed by atoms with Gasteiger partial charge in [-0.25, -0.2) is 8.42 Å². The zero-order chi connectivity index (χ0) is 12.2. The Hall–Kier alpha value is -0.110. The summed E-state index contributed by atoms with van der Waals surface area (Å²) in [7, 11) is -3.40. The van der Waals surface area contributed by atoms with Gasteiger partial charge >= 0.3 is 0 Å². The van der Waals surface area contributed by atoms with E-state index in [1.807, 2.05) is 0 Å². The molecule has 0 saturated carbocycles. The second-order valence-electron chi connectivity index (χ2n) is 3.12. The van der Waals surface area contributed by atoms with Crippen LogP contribution in [0.25, 0.3) is 0 Å². The third kappa shape index (κ3) is 4.40. The molecule has 1 rings (SSSR count). The summed E-state index contributed by atoms with van der Waals surface area (Å²) in [4.78, 5) is 0. The predicted molar refractivity (Wildman–Crippen MR) is 71.0 cm³/mol. The van der Waals surface area contributed by atoms with Gasteiger partial charge in [0.25, 0.3) is 0 Å². The number of sulfonamides is 1. The molecular weight excluding hydrogens is 362 g/mol. The molecular formula is C9H11Br2NO3S. The third-order valence-electron chi connectivity index (χ3n) is 1.77. The van der Waals surface area contributed by atoms with Gasteiger partial charge in [0.1, 0.15) is 0 Å². The number of hydrogen-bond acceptors (Lipinski definition) is 3. The average Bonchev–Trinajstić information content (AvgIpc) is 2.20. The predicted octanol–water partition coefficient (Wildman–Crippen LogP) is 2.34. The van der Waals surface area contributed by atoms with Crippen molar-refractivity contribution in [2.24, 2.45) is 0 Å². The van der Waals surface area contributed by atoms with E-state index in [0.717, 1.165) is 4.47 Å². The molecule has 0 aliphatic rings. The summed E-state index contributed by atoms with van der Waals surface area (Å²) in [5, 5.41) is 8.59. The van der Waals surface area contributed by atoms with Crippen molar-refractivity contribution in [3.8, 4) is 0 Å². The molecule has 7 heteroatoms. The number of hydrogen-bond donors (Lipinski definition) is 2. The van der Waals surface area contributed by atoms with Gasteiger partial charge in [0.05, 0.1) is 11.4 Å². The fourth-order valence-electron chi connectivity index (χ4n) is 1.05. The maximum Gasteiger partial charge on any atom is 0.232 e. The lowest BCUT2D eigenvalue weighted by Gasteiger charge is -2.09. The molecule has 0 aliphatic heterocycles. The summed E-state index contributed by atoms with van der Waals surface area (Å²) in [6, 6.07) is 5.21. The third-order valence-corrected chi connectivity index (χ3v) is 4.31. The Kier molecular flexibility index (Phi) is 5.23. The summed E-state index contributed by atoms with van der Waals surface area (Å²) in [6.45, 7) is -0.138. The molecule has 0 saturated heterocycles. The van der Waals surface area contributed by atoms with Gasteiger partial charge in [-0.2, -0.15) is 0 Å². The fraction of sp³-hybridized carbons (Fsp3) is 0.333. The first kappa shape index (κ1) is 14.0. The first-order chi connectivity index (χ1) is 7.44. The highest BCUT2D eigenvalue weighted by Gasteiger charge is 2.11. The maximum atomic E-state index is 11.6. The number of aliphatic hydroxyl groups is 1.